The van der Waals surface area contributed by atoms with Crippen LogP contribution in [0.5, 0.6) is 5.75 Å². The second-order valence-electron chi connectivity index (χ2n) is 6.76. The van der Waals surface area contributed by atoms with Gasteiger partial charge in [0, 0.05) is 17.4 Å². The van der Waals surface area contributed by atoms with Crippen molar-refractivity contribution in [2.45, 2.75) is 30.2 Å². The van der Waals surface area contributed by atoms with Gasteiger partial charge in [0.15, 0.2) is 0 Å². The Morgan fingerprint density at radius 2 is 1.93 bits per heavy atom. The van der Waals surface area contributed by atoms with E-state index in [1.165, 1.54) is 12.1 Å². The lowest BCUT2D eigenvalue weighted by molar-refractivity contribution is -0.121. The number of hydrogen-bond donors (Lipinski definition) is 2. The molecule has 28 heavy (non-hydrogen) atoms. The van der Waals surface area contributed by atoms with E-state index < -0.39 is 10.0 Å². The topological polar surface area (TPSA) is 84.5 Å². The normalized spacial score (nSPS) is 15.1. The van der Waals surface area contributed by atoms with Crippen LogP contribution in [0.1, 0.15) is 30.9 Å². The molecule has 1 amide bonds. The van der Waals surface area contributed by atoms with Gasteiger partial charge in [-0.25, -0.2) is 13.1 Å². The third kappa shape index (κ3) is 5.56. The van der Waals surface area contributed by atoms with E-state index in [0.29, 0.717) is 10.4 Å². The minimum absolute atomic E-state index is 0.0423. The largest absolute Gasteiger partial charge is 0.497 e. The summed E-state index contributed by atoms with van der Waals surface area (Å²) in [6.07, 6.45) is 2.23. The van der Waals surface area contributed by atoms with Gasteiger partial charge in [0.25, 0.3) is 0 Å². The van der Waals surface area contributed by atoms with Crippen molar-refractivity contribution in [3.8, 4) is 5.75 Å². The molecule has 1 atom stereocenters. The number of amides is 1. The lowest BCUT2D eigenvalue weighted by Crippen LogP contribution is -2.33. The molecule has 2 aromatic carbocycles. The molecule has 2 N–H and O–H groups in total. The molecule has 1 aliphatic carbocycles. The fraction of sp³-hybridized carbons (Fsp3) is 0.350. The molecule has 6 nitrogen and oxygen atoms in total. The number of carbonyl (C=O) groups excluding carboxylic acids is 1. The van der Waals surface area contributed by atoms with Crippen LogP contribution in [0, 0.1) is 5.92 Å². The number of carbonyl (C=O) groups is 1. The van der Waals surface area contributed by atoms with Crippen LogP contribution in [0.15, 0.2) is 57.9 Å². The van der Waals surface area contributed by atoms with Gasteiger partial charge in [0.2, 0.25) is 15.9 Å². The molecule has 1 fully saturated rings. The molecule has 0 aliphatic heterocycles. The summed E-state index contributed by atoms with van der Waals surface area (Å²) in [6, 6.07) is 14.1. The van der Waals surface area contributed by atoms with E-state index in [4.69, 9.17) is 4.74 Å². The molecule has 0 spiro atoms. The highest BCUT2D eigenvalue weighted by molar-refractivity contribution is 9.10. The van der Waals surface area contributed by atoms with Crippen LogP contribution >= 0.6 is 15.9 Å². The molecule has 1 unspecified atom stereocenters. The molecule has 0 aromatic heterocycles. The number of methoxy groups -OCH3 is 1. The molecule has 0 bridgehead atoms. The molecule has 2 aromatic rings. The van der Waals surface area contributed by atoms with Gasteiger partial charge < -0.3 is 10.1 Å². The number of sulfonamides is 1. The van der Waals surface area contributed by atoms with E-state index in [1.807, 2.05) is 24.3 Å². The molecule has 1 saturated carbocycles. The lowest BCUT2D eigenvalue weighted by atomic mass is 10.0. The number of ether oxygens (including phenoxy) is 1. The maximum Gasteiger partial charge on any atom is 0.240 e. The summed E-state index contributed by atoms with van der Waals surface area (Å²) >= 11 is 3.26. The van der Waals surface area contributed by atoms with Crippen LogP contribution in [0.4, 0.5) is 0 Å². The maximum absolute atomic E-state index is 12.4. The van der Waals surface area contributed by atoms with Gasteiger partial charge in [-0.1, -0.05) is 34.1 Å². The van der Waals surface area contributed by atoms with Crippen LogP contribution in [0.25, 0.3) is 0 Å². The zero-order valence-electron chi connectivity index (χ0n) is 15.5. The summed E-state index contributed by atoms with van der Waals surface area (Å²) in [5, 5.41) is 3.05. The summed E-state index contributed by atoms with van der Waals surface area (Å²) in [5.74, 6) is 1.02. The lowest BCUT2D eigenvalue weighted by Gasteiger charge is -2.19. The van der Waals surface area contributed by atoms with Gasteiger partial charge in [0.1, 0.15) is 5.75 Å². The summed E-state index contributed by atoms with van der Waals surface area (Å²) < 4.78 is 33.0. The second kappa shape index (κ2) is 9.07. The van der Waals surface area contributed by atoms with E-state index >= 15 is 0 Å². The minimum atomic E-state index is -3.64. The zero-order valence-corrected chi connectivity index (χ0v) is 17.9. The second-order valence-corrected chi connectivity index (χ2v) is 9.44. The van der Waals surface area contributed by atoms with Crippen LogP contribution in [-0.4, -0.2) is 28.0 Å². The minimum Gasteiger partial charge on any atom is -0.497 e. The van der Waals surface area contributed by atoms with Crippen LogP contribution in [-0.2, 0) is 14.8 Å². The van der Waals surface area contributed by atoms with Gasteiger partial charge >= 0.3 is 0 Å². The molecular formula is C20H23BrN2O4S. The van der Waals surface area contributed by atoms with Crippen LogP contribution in [0.2, 0.25) is 0 Å². The fourth-order valence-corrected chi connectivity index (χ4v) is 4.60. The van der Waals surface area contributed by atoms with Gasteiger partial charge in [-0.05, 0) is 54.7 Å². The Balaban J connectivity index is 1.55. The molecule has 0 radical (unpaired) electrons. The van der Waals surface area contributed by atoms with E-state index in [1.54, 1.807) is 19.2 Å². The van der Waals surface area contributed by atoms with E-state index in [9.17, 15) is 13.2 Å². The molecule has 0 heterocycles. The number of halogens is 1. The van der Waals surface area contributed by atoms with Gasteiger partial charge in [-0.15, -0.1) is 0 Å². The van der Waals surface area contributed by atoms with Gasteiger partial charge in [-0.2, -0.15) is 0 Å². The van der Waals surface area contributed by atoms with Crippen LogP contribution < -0.4 is 14.8 Å². The number of nitrogens with one attached hydrogen (secondary N) is 2. The summed E-state index contributed by atoms with van der Waals surface area (Å²) in [6.45, 7) is 0.0423. The molecule has 3 rings (SSSR count). The fourth-order valence-electron chi connectivity index (χ4n) is 2.98. The van der Waals surface area contributed by atoms with Crippen molar-refractivity contribution in [3.63, 3.8) is 0 Å². The third-order valence-electron chi connectivity index (χ3n) is 4.64. The van der Waals surface area contributed by atoms with Crippen molar-refractivity contribution in [1.82, 2.24) is 10.0 Å². The number of rotatable bonds is 9. The first kappa shape index (κ1) is 20.8. The Labute approximate surface area is 173 Å². The van der Waals surface area contributed by atoms with E-state index in [0.717, 1.165) is 24.2 Å². The standard InChI is InChI=1S/C20H23BrN2O4S/c1-27-17-9-7-15(8-10-17)20(14-5-6-14)23-19(24)11-12-22-28(25,26)18-4-2-3-16(21)13-18/h2-4,7-10,13-14,20,22H,5-6,11-12H2,1H3,(H,23,24). The Morgan fingerprint density at radius 3 is 2.54 bits per heavy atom. The molecule has 0 saturated heterocycles. The first-order valence-corrected chi connectivity index (χ1v) is 11.4. The molecular weight excluding hydrogens is 444 g/mol. The third-order valence-corrected chi connectivity index (χ3v) is 6.59. The Morgan fingerprint density at radius 1 is 1.21 bits per heavy atom. The van der Waals surface area contributed by atoms with E-state index in [2.05, 4.69) is 26.0 Å². The SMILES string of the molecule is COc1ccc(C(NC(=O)CCNS(=O)(=O)c2cccc(Br)c2)C2CC2)cc1. The van der Waals surface area contributed by atoms with Crippen molar-refractivity contribution in [2.75, 3.05) is 13.7 Å². The highest BCUT2D eigenvalue weighted by Crippen LogP contribution is 2.41. The van der Waals surface area contributed by atoms with Gasteiger partial charge in [-0.3, -0.25) is 4.79 Å². The number of benzene rings is 2. The number of hydrogen-bond acceptors (Lipinski definition) is 4. The highest BCUT2D eigenvalue weighted by atomic mass is 79.9. The average Bonchev–Trinajstić information content (AvgIpc) is 3.51. The van der Waals surface area contributed by atoms with E-state index in [-0.39, 0.29) is 29.8 Å². The summed E-state index contributed by atoms with van der Waals surface area (Å²) in [5.41, 5.74) is 1.03. The summed E-state index contributed by atoms with van der Waals surface area (Å²) in [4.78, 5) is 12.5. The molecule has 8 heteroatoms. The highest BCUT2D eigenvalue weighted by Gasteiger charge is 2.33. The first-order chi connectivity index (χ1) is 13.4. The van der Waals surface area contributed by atoms with Crippen molar-refractivity contribution in [3.05, 3.63) is 58.6 Å². The van der Waals surface area contributed by atoms with Gasteiger partial charge in [0.05, 0.1) is 18.0 Å². The average molecular weight is 467 g/mol. The maximum atomic E-state index is 12.4. The predicted molar refractivity (Wildman–Crippen MR) is 111 cm³/mol. The van der Waals surface area contributed by atoms with Crippen molar-refractivity contribution in [2.24, 2.45) is 5.92 Å². The Bertz CT molecular complexity index is 927. The van der Waals surface area contributed by atoms with Crippen LogP contribution in [0.3, 0.4) is 0 Å². The smallest absolute Gasteiger partial charge is 0.240 e. The van der Waals surface area contributed by atoms with Crippen molar-refractivity contribution < 1.29 is 17.9 Å². The van der Waals surface area contributed by atoms with Crippen molar-refractivity contribution in [1.29, 1.82) is 0 Å². The Hall–Kier alpha value is -1.90. The molecule has 150 valence electrons. The van der Waals surface area contributed by atoms with Crippen molar-refractivity contribution >= 4 is 31.9 Å². The quantitative estimate of drug-likeness (QED) is 0.592. The zero-order chi connectivity index (χ0) is 20.1. The summed E-state index contributed by atoms with van der Waals surface area (Å²) in [7, 11) is -2.03. The first-order valence-electron chi connectivity index (χ1n) is 9.07. The molecule has 1 aliphatic rings. The monoisotopic (exact) mass is 466 g/mol. The predicted octanol–water partition coefficient (Wildman–Crippen LogP) is 3.39. The Kier molecular flexibility index (Phi) is 6.74.